The van der Waals surface area contributed by atoms with Crippen molar-refractivity contribution in [2.75, 3.05) is 0 Å². The number of fused-ring (bicyclic) bond motifs is 7. The first kappa shape index (κ1) is 30.5. The summed E-state index contributed by atoms with van der Waals surface area (Å²) >= 11 is 1.82. The molecule has 0 aliphatic rings. The van der Waals surface area contributed by atoms with Crippen molar-refractivity contribution in [2.24, 2.45) is 9.98 Å². The molecule has 9 aromatic rings. The van der Waals surface area contributed by atoms with Crippen LogP contribution >= 0.6 is 11.3 Å². The highest BCUT2D eigenvalue weighted by Gasteiger charge is 2.18. The lowest BCUT2D eigenvalue weighted by atomic mass is 9.99. The first-order chi connectivity index (χ1) is 25.2. The van der Waals surface area contributed by atoms with E-state index < -0.39 is 0 Å². The Bertz CT molecular complexity index is 2780. The molecule has 0 aliphatic carbocycles. The number of amidine groups is 2. The molecule has 0 radical (unpaired) electrons. The molecule has 0 fully saturated rings. The fourth-order valence-corrected chi connectivity index (χ4v) is 7.95. The number of benzene rings is 7. The van der Waals surface area contributed by atoms with Gasteiger partial charge < -0.3 is 0 Å². The molecule has 4 nitrogen and oxygen atoms in total. The van der Waals surface area contributed by atoms with Crippen molar-refractivity contribution in [3.05, 3.63) is 187 Å². The standard InChI is InChI=1S/C46H30N4S/c47-45(50-46(48-29-30-11-3-1-4-12-30)36-25-19-32(20-26-36)31-13-5-2-6-14-31)35-23-21-34(22-24-35)43-42-38-17-9-10-18-40(38)51-44(42)41-37-16-8-7-15-33(37)27-28-39(41)49-43/h1-29,47H. The maximum absolute atomic E-state index is 9.07. The van der Waals surface area contributed by atoms with Crippen molar-refractivity contribution >= 4 is 71.1 Å². The quantitative estimate of drug-likeness (QED) is 0.111. The highest BCUT2D eigenvalue weighted by molar-refractivity contribution is 7.27. The fourth-order valence-electron chi connectivity index (χ4n) is 6.68. The average molecular weight is 671 g/mol. The van der Waals surface area contributed by atoms with E-state index in [1.807, 2.05) is 84.1 Å². The van der Waals surface area contributed by atoms with E-state index in [4.69, 9.17) is 20.4 Å². The summed E-state index contributed by atoms with van der Waals surface area (Å²) < 4.78 is 2.48. The summed E-state index contributed by atoms with van der Waals surface area (Å²) in [6.45, 7) is 0. The van der Waals surface area contributed by atoms with E-state index in [-0.39, 0.29) is 5.84 Å². The monoisotopic (exact) mass is 670 g/mol. The third-order valence-corrected chi connectivity index (χ3v) is 10.4. The highest BCUT2D eigenvalue weighted by atomic mass is 32.1. The molecule has 9 rings (SSSR count). The van der Waals surface area contributed by atoms with E-state index in [0.29, 0.717) is 11.4 Å². The number of hydrogen-bond donors (Lipinski definition) is 1. The van der Waals surface area contributed by atoms with Gasteiger partial charge in [0.15, 0.2) is 11.7 Å². The second-order valence-corrected chi connectivity index (χ2v) is 13.5. The van der Waals surface area contributed by atoms with Crippen LogP contribution in [-0.4, -0.2) is 22.9 Å². The van der Waals surface area contributed by atoms with Gasteiger partial charge in [-0.25, -0.2) is 15.0 Å². The topological polar surface area (TPSA) is 61.5 Å². The van der Waals surface area contributed by atoms with Crippen molar-refractivity contribution in [2.45, 2.75) is 0 Å². The summed E-state index contributed by atoms with van der Waals surface area (Å²) in [5.74, 6) is 0.611. The number of rotatable bonds is 5. The molecule has 2 aromatic heterocycles. The van der Waals surface area contributed by atoms with Gasteiger partial charge in [-0.05, 0) is 39.6 Å². The number of pyridine rings is 1. The minimum Gasteiger partial charge on any atom is -0.282 e. The van der Waals surface area contributed by atoms with Crippen LogP contribution in [-0.2, 0) is 0 Å². The summed E-state index contributed by atoms with van der Waals surface area (Å²) in [4.78, 5) is 14.9. The molecule has 7 aromatic carbocycles. The molecule has 51 heavy (non-hydrogen) atoms. The van der Waals surface area contributed by atoms with Gasteiger partial charge in [-0.15, -0.1) is 11.3 Å². The van der Waals surface area contributed by atoms with Crippen molar-refractivity contribution in [3.63, 3.8) is 0 Å². The van der Waals surface area contributed by atoms with Crippen LogP contribution in [0.1, 0.15) is 16.7 Å². The van der Waals surface area contributed by atoms with Crippen molar-refractivity contribution in [1.29, 1.82) is 5.41 Å². The zero-order chi connectivity index (χ0) is 34.1. The Labute approximate surface area is 299 Å². The van der Waals surface area contributed by atoms with Gasteiger partial charge in [0.05, 0.1) is 11.2 Å². The molecule has 0 amide bonds. The third-order valence-electron chi connectivity index (χ3n) is 9.23. The first-order valence-electron chi connectivity index (χ1n) is 16.9. The van der Waals surface area contributed by atoms with Gasteiger partial charge in [0.2, 0.25) is 0 Å². The van der Waals surface area contributed by atoms with Crippen molar-refractivity contribution in [3.8, 4) is 22.4 Å². The Kier molecular flexibility index (Phi) is 7.80. The van der Waals surface area contributed by atoms with Crippen LogP contribution in [0.25, 0.3) is 64.2 Å². The molecule has 0 saturated carbocycles. The molecular weight excluding hydrogens is 641 g/mol. The molecule has 2 heterocycles. The zero-order valence-electron chi connectivity index (χ0n) is 27.5. The Balaban J connectivity index is 1.11. The van der Waals surface area contributed by atoms with Gasteiger partial charge in [-0.3, -0.25) is 5.41 Å². The van der Waals surface area contributed by atoms with Crippen LogP contribution in [0.15, 0.2) is 180 Å². The molecule has 5 heteroatoms. The molecule has 0 unspecified atom stereocenters. The van der Waals surface area contributed by atoms with Gasteiger partial charge in [0.1, 0.15) is 0 Å². The number of aliphatic imine (C=N–C) groups is 2. The SMILES string of the molecule is N=C(N=C(N=Cc1ccccc1)c1ccc(-c2ccccc2)cc1)c1ccc(-c2nc3ccc4ccccc4c3c3sc4ccccc4c23)cc1. The van der Waals surface area contributed by atoms with Crippen LogP contribution < -0.4 is 0 Å². The zero-order valence-corrected chi connectivity index (χ0v) is 28.3. The molecule has 0 spiro atoms. The minimum absolute atomic E-state index is 0.137. The smallest absolute Gasteiger partial charge is 0.161 e. The van der Waals surface area contributed by atoms with Crippen LogP contribution in [0, 0.1) is 5.41 Å². The van der Waals surface area contributed by atoms with E-state index in [9.17, 15) is 0 Å². The van der Waals surface area contributed by atoms with Crippen LogP contribution in [0.5, 0.6) is 0 Å². The maximum atomic E-state index is 9.07. The second kappa shape index (κ2) is 13.0. The largest absolute Gasteiger partial charge is 0.282 e. The lowest BCUT2D eigenvalue weighted by Gasteiger charge is -2.11. The molecule has 240 valence electrons. The lowest BCUT2D eigenvalue weighted by Crippen LogP contribution is -2.05. The van der Waals surface area contributed by atoms with E-state index in [2.05, 4.69) is 97.1 Å². The summed E-state index contributed by atoms with van der Waals surface area (Å²) in [5, 5.41) is 15.1. The van der Waals surface area contributed by atoms with E-state index in [0.717, 1.165) is 44.4 Å². The average Bonchev–Trinajstić information content (AvgIpc) is 3.59. The van der Waals surface area contributed by atoms with Crippen LogP contribution in [0.2, 0.25) is 0 Å². The Morgan fingerprint density at radius 1 is 0.549 bits per heavy atom. The highest BCUT2D eigenvalue weighted by Crippen LogP contribution is 2.44. The van der Waals surface area contributed by atoms with Gasteiger partial charge in [0.25, 0.3) is 0 Å². The Morgan fingerprint density at radius 3 is 1.96 bits per heavy atom. The molecule has 0 saturated heterocycles. The van der Waals surface area contributed by atoms with Crippen LogP contribution in [0.3, 0.4) is 0 Å². The number of nitrogens with zero attached hydrogens (tertiary/aromatic N) is 3. The molecular formula is C46H30N4S. The molecule has 0 bridgehead atoms. The van der Waals surface area contributed by atoms with E-state index in [1.165, 1.54) is 30.9 Å². The summed E-state index contributed by atoms with van der Waals surface area (Å²) in [6.07, 6.45) is 1.80. The van der Waals surface area contributed by atoms with Gasteiger partial charge >= 0.3 is 0 Å². The lowest BCUT2D eigenvalue weighted by molar-refractivity contribution is 1.39. The molecule has 0 atom stereocenters. The Hall–Kier alpha value is -6.56. The van der Waals surface area contributed by atoms with E-state index >= 15 is 0 Å². The Morgan fingerprint density at radius 2 is 1.18 bits per heavy atom. The van der Waals surface area contributed by atoms with Gasteiger partial charge in [-0.2, -0.15) is 0 Å². The number of nitrogens with one attached hydrogen (secondary N) is 1. The summed E-state index contributed by atoms with van der Waals surface area (Å²) in [6, 6.07) is 57.9. The summed E-state index contributed by atoms with van der Waals surface area (Å²) in [7, 11) is 0. The second-order valence-electron chi connectivity index (χ2n) is 12.4. The van der Waals surface area contributed by atoms with Gasteiger partial charge in [-0.1, -0.05) is 158 Å². The number of hydrogen-bond acceptors (Lipinski definition) is 3. The van der Waals surface area contributed by atoms with E-state index in [1.54, 1.807) is 6.21 Å². The molecule has 1 N–H and O–H groups in total. The van der Waals surface area contributed by atoms with Crippen molar-refractivity contribution in [1.82, 2.24) is 4.98 Å². The van der Waals surface area contributed by atoms with Crippen LogP contribution in [0.4, 0.5) is 0 Å². The predicted octanol–water partition coefficient (Wildman–Crippen LogP) is 12.0. The third kappa shape index (κ3) is 5.80. The fraction of sp³-hybridized carbons (Fsp3) is 0. The number of thiophene rings is 1. The van der Waals surface area contributed by atoms with Gasteiger partial charge in [0, 0.05) is 48.5 Å². The van der Waals surface area contributed by atoms with Crippen molar-refractivity contribution < 1.29 is 0 Å². The molecule has 0 aliphatic heterocycles. The number of aromatic nitrogens is 1. The normalized spacial score (nSPS) is 12.0. The summed E-state index contributed by atoms with van der Waals surface area (Å²) in [5.41, 5.74) is 7.67. The minimum atomic E-state index is 0.137. The first-order valence-corrected chi connectivity index (χ1v) is 17.7. The predicted molar refractivity (Wildman–Crippen MR) is 217 cm³/mol. The maximum Gasteiger partial charge on any atom is 0.161 e.